The molecule has 5 rings (SSSR count). The zero-order chi connectivity index (χ0) is 26.3. The topological polar surface area (TPSA) is 93.2 Å². The summed E-state index contributed by atoms with van der Waals surface area (Å²) in [5.41, 5.74) is 4.36. The third kappa shape index (κ3) is 6.30. The number of carboxylic acids is 1. The molecule has 38 heavy (non-hydrogen) atoms. The molecule has 0 spiro atoms. The van der Waals surface area contributed by atoms with Crippen LogP contribution in [0.4, 0.5) is 5.82 Å². The van der Waals surface area contributed by atoms with Gasteiger partial charge in [0.2, 0.25) is 0 Å². The van der Waals surface area contributed by atoms with E-state index in [1.54, 1.807) is 7.11 Å². The lowest BCUT2D eigenvalue weighted by Gasteiger charge is -2.43. The van der Waals surface area contributed by atoms with Crippen LogP contribution in [-0.2, 0) is 27.1 Å². The summed E-state index contributed by atoms with van der Waals surface area (Å²) in [5, 5.41) is 13.6. The van der Waals surface area contributed by atoms with Gasteiger partial charge in [-0.3, -0.25) is 9.69 Å². The van der Waals surface area contributed by atoms with E-state index < -0.39 is 12.0 Å². The first-order chi connectivity index (χ1) is 18.6. The number of carboxylic acid groups (broad SMARTS) is 1. The molecule has 0 radical (unpaired) electrons. The molecule has 8 nitrogen and oxygen atoms in total. The molecular weight excluding hydrogens is 482 g/mol. The van der Waals surface area contributed by atoms with Crippen molar-refractivity contribution in [3.8, 4) is 5.75 Å². The molecule has 1 atom stereocenters. The van der Waals surface area contributed by atoms with Gasteiger partial charge in [0.25, 0.3) is 0 Å². The zero-order valence-electron chi connectivity index (χ0n) is 22.5. The van der Waals surface area contributed by atoms with Gasteiger partial charge in [0, 0.05) is 50.7 Å². The molecule has 206 valence electrons. The molecule has 0 bridgehead atoms. The van der Waals surface area contributed by atoms with E-state index in [-0.39, 0.29) is 12.0 Å². The van der Waals surface area contributed by atoms with Crippen molar-refractivity contribution in [3.05, 3.63) is 52.7 Å². The number of methoxy groups -OCH3 is 1. The number of aromatic nitrogens is 1. The Morgan fingerprint density at radius 3 is 2.82 bits per heavy atom. The first-order valence-corrected chi connectivity index (χ1v) is 14.2. The fourth-order valence-corrected chi connectivity index (χ4v) is 6.02. The van der Waals surface area contributed by atoms with Crippen LogP contribution in [-0.4, -0.2) is 73.6 Å². The summed E-state index contributed by atoms with van der Waals surface area (Å²) >= 11 is 0. The normalized spacial score (nSPS) is 19.3. The number of fused-ring (bicyclic) bond motifs is 1. The molecule has 1 aromatic heterocycles. The lowest BCUT2D eigenvalue weighted by molar-refractivity contribution is -0.151. The van der Waals surface area contributed by atoms with Crippen molar-refractivity contribution >= 4 is 11.8 Å². The highest BCUT2D eigenvalue weighted by Crippen LogP contribution is 2.41. The SMILES string of the molecule is COc1cccc(C(C(=O)O)N2CC(OCCCCCc3ccc4c(n3)NCCC4)C2)c1C1CCOCC1. The number of carbonyl (C=O) groups is 1. The molecule has 0 amide bonds. The Kier molecular flexibility index (Phi) is 9.14. The molecule has 3 aliphatic rings. The first kappa shape index (κ1) is 26.9. The highest BCUT2D eigenvalue weighted by molar-refractivity contribution is 5.77. The summed E-state index contributed by atoms with van der Waals surface area (Å²) in [7, 11) is 1.66. The molecule has 2 fully saturated rings. The number of rotatable bonds is 12. The number of pyridine rings is 1. The fraction of sp³-hybridized carbons (Fsp3) is 0.600. The maximum absolute atomic E-state index is 12.4. The molecule has 2 aromatic rings. The molecule has 0 saturated carbocycles. The van der Waals surface area contributed by atoms with Crippen LogP contribution in [0.3, 0.4) is 0 Å². The highest BCUT2D eigenvalue weighted by atomic mass is 16.5. The number of hydrogen-bond acceptors (Lipinski definition) is 7. The molecule has 2 N–H and O–H groups in total. The maximum Gasteiger partial charge on any atom is 0.325 e. The second kappa shape index (κ2) is 12.9. The number of likely N-dealkylation sites (tertiary alicyclic amines) is 1. The number of nitrogens with one attached hydrogen (secondary N) is 1. The number of anilines is 1. The molecule has 1 unspecified atom stereocenters. The Morgan fingerprint density at radius 2 is 2.03 bits per heavy atom. The van der Waals surface area contributed by atoms with Gasteiger partial charge in [-0.05, 0) is 74.1 Å². The van der Waals surface area contributed by atoms with Gasteiger partial charge >= 0.3 is 5.97 Å². The van der Waals surface area contributed by atoms with Crippen molar-refractivity contribution in [1.82, 2.24) is 9.88 Å². The molecule has 1 aromatic carbocycles. The number of aliphatic carboxylic acids is 1. The van der Waals surface area contributed by atoms with Crippen LogP contribution < -0.4 is 10.1 Å². The van der Waals surface area contributed by atoms with Gasteiger partial charge in [0.05, 0.1) is 13.2 Å². The molecule has 8 heteroatoms. The van der Waals surface area contributed by atoms with Crippen molar-refractivity contribution in [3.63, 3.8) is 0 Å². The average Bonchev–Trinajstić information content (AvgIpc) is 2.93. The minimum absolute atomic E-state index is 0.0855. The smallest absolute Gasteiger partial charge is 0.325 e. The summed E-state index contributed by atoms with van der Waals surface area (Å²) < 4.78 is 17.3. The van der Waals surface area contributed by atoms with E-state index in [0.717, 1.165) is 79.9 Å². The van der Waals surface area contributed by atoms with Crippen LogP contribution in [0.2, 0.25) is 0 Å². The van der Waals surface area contributed by atoms with E-state index in [2.05, 4.69) is 17.4 Å². The Balaban J connectivity index is 1.08. The predicted octanol–water partition coefficient (Wildman–Crippen LogP) is 4.58. The predicted molar refractivity (Wildman–Crippen MR) is 146 cm³/mol. The molecule has 4 heterocycles. The Morgan fingerprint density at radius 1 is 1.18 bits per heavy atom. The van der Waals surface area contributed by atoms with Crippen molar-refractivity contribution in [2.75, 3.05) is 51.9 Å². The van der Waals surface area contributed by atoms with Gasteiger partial charge in [-0.25, -0.2) is 4.98 Å². The minimum Gasteiger partial charge on any atom is -0.496 e. The van der Waals surface area contributed by atoms with Crippen LogP contribution in [0.1, 0.15) is 72.9 Å². The molecule has 0 aliphatic carbocycles. The molecule has 2 saturated heterocycles. The van der Waals surface area contributed by atoms with Gasteiger partial charge in [-0.15, -0.1) is 0 Å². The van der Waals surface area contributed by atoms with Crippen molar-refractivity contribution in [2.45, 2.75) is 69.4 Å². The maximum atomic E-state index is 12.4. The first-order valence-electron chi connectivity index (χ1n) is 14.2. The number of nitrogens with zero attached hydrogens (tertiary/aromatic N) is 2. The van der Waals surface area contributed by atoms with Crippen LogP contribution >= 0.6 is 0 Å². The Labute approximate surface area is 225 Å². The van der Waals surface area contributed by atoms with E-state index in [9.17, 15) is 9.90 Å². The second-order valence-electron chi connectivity index (χ2n) is 10.7. The van der Waals surface area contributed by atoms with Crippen LogP contribution in [0, 0.1) is 0 Å². The van der Waals surface area contributed by atoms with E-state index in [1.165, 1.54) is 12.0 Å². The second-order valence-corrected chi connectivity index (χ2v) is 10.7. The van der Waals surface area contributed by atoms with E-state index in [4.69, 9.17) is 19.2 Å². The monoisotopic (exact) mass is 523 g/mol. The largest absolute Gasteiger partial charge is 0.496 e. The number of unbranched alkanes of at least 4 members (excludes halogenated alkanes) is 2. The van der Waals surface area contributed by atoms with E-state index in [1.807, 2.05) is 23.1 Å². The molecular formula is C30H41N3O5. The average molecular weight is 524 g/mol. The molecule has 3 aliphatic heterocycles. The summed E-state index contributed by atoms with van der Waals surface area (Å²) in [6.07, 6.45) is 8.33. The lowest BCUT2D eigenvalue weighted by atomic mass is 9.84. The number of benzene rings is 1. The summed E-state index contributed by atoms with van der Waals surface area (Å²) in [6, 6.07) is 9.48. The quantitative estimate of drug-likeness (QED) is 0.391. The van der Waals surface area contributed by atoms with Crippen LogP contribution in [0.15, 0.2) is 30.3 Å². The minimum atomic E-state index is -0.823. The van der Waals surface area contributed by atoms with Crippen LogP contribution in [0.5, 0.6) is 5.75 Å². The van der Waals surface area contributed by atoms with Crippen molar-refractivity contribution in [1.29, 1.82) is 0 Å². The third-order valence-electron chi connectivity index (χ3n) is 8.10. The van der Waals surface area contributed by atoms with Crippen molar-refractivity contribution < 1.29 is 24.1 Å². The van der Waals surface area contributed by atoms with Crippen molar-refractivity contribution in [2.24, 2.45) is 0 Å². The standard InChI is InChI=1S/C30H41N3O5/c1-36-26-10-5-9-25(27(26)21-13-17-37-18-14-21)28(30(34)35)33-19-24(20-33)38-16-4-2-3-8-23-12-11-22-7-6-15-31-29(22)32-23/h5,9-12,21,24,28H,2-4,6-8,13-20H2,1H3,(H,31,32)(H,34,35). The summed E-state index contributed by atoms with van der Waals surface area (Å²) in [5.74, 6) is 1.27. The highest BCUT2D eigenvalue weighted by Gasteiger charge is 2.40. The lowest BCUT2D eigenvalue weighted by Crippen LogP contribution is -2.55. The third-order valence-corrected chi connectivity index (χ3v) is 8.10. The van der Waals surface area contributed by atoms with Gasteiger partial charge in [-0.2, -0.15) is 0 Å². The van der Waals surface area contributed by atoms with Gasteiger partial charge in [0.1, 0.15) is 17.6 Å². The van der Waals surface area contributed by atoms with Crippen LogP contribution in [0.25, 0.3) is 0 Å². The Bertz CT molecular complexity index is 1080. The van der Waals surface area contributed by atoms with E-state index >= 15 is 0 Å². The van der Waals surface area contributed by atoms with Gasteiger partial charge in [-0.1, -0.05) is 24.6 Å². The summed E-state index contributed by atoms with van der Waals surface area (Å²) in [6.45, 7) is 4.38. The van der Waals surface area contributed by atoms with Gasteiger partial charge in [0.15, 0.2) is 0 Å². The summed E-state index contributed by atoms with van der Waals surface area (Å²) in [4.78, 5) is 19.2. The number of ether oxygens (including phenoxy) is 3. The van der Waals surface area contributed by atoms with E-state index in [0.29, 0.717) is 32.9 Å². The zero-order valence-corrected chi connectivity index (χ0v) is 22.5. The van der Waals surface area contributed by atoms with Gasteiger partial charge < -0.3 is 24.6 Å². The Hall–Kier alpha value is -2.68. The fourth-order valence-electron chi connectivity index (χ4n) is 6.02. The number of hydrogen-bond donors (Lipinski definition) is 2. The number of aryl methyl sites for hydroxylation is 2.